The average molecular weight is 437 g/mol. The zero-order valence-corrected chi connectivity index (χ0v) is 16.3. The Kier molecular flexibility index (Phi) is 6.33. The van der Waals surface area contributed by atoms with E-state index in [4.69, 9.17) is 4.42 Å². The van der Waals surface area contributed by atoms with Crippen LogP contribution < -0.4 is 15.8 Å². The van der Waals surface area contributed by atoms with Crippen LogP contribution in [0.25, 0.3) is 11.1 Å². The number of ether oxygens (including phenoxy) is 1. The van der Waals surface area contributed by atoms with Gasteiger partial charge in [0.05, 0.1) is 12.1 Å². The second kappa shape index (κ2) is 8.94. The van der Waals surface area contributed by atoms with Crippen LogP contribution in [0.1, 0.15) is 6.42 Å². The second-order valence-electron chi connectivity index (χ2n) is 6.61. The first-order valence-electron chi connectivity index (χ1n) is 9.10. The Labute approximate surface area is 173 Å². The van der Waals surface area contributed by atoms with Gasteiger partial charge in [-0.3, -0.25) is 14.2 Å². The number of halogens is 3. The number of para-hydroxylation sites is 2. The zero-order valence-electron chi connectivity index (χ0n) is 16.3. The molecule has 0 atom stereocenters. The maximum Gasteiger partial charge on any atom is 0.573 e. The van der Waals surface area contributed by atoms with Crippen LogP contribution in [-0.4, -0.2) is 41.2 Å². The molecule has 2 amide bonds. The van der Waals surface area contributed by atoms with Crippen molar-refractivity contribution >= 4 is 28.6 Å². The molecule has 1 N–H and O–H groups in total. The third-order valence-electron chi connectivity index (χ3n) is 4.30. The molecule has 1 heterocycles. The first-order valence-corrected chi connectivity index (χ1v) is 9.10. The largest absolute Gasteiger partial charge is 0.573 e. The number of oxazole rings is 1. The number of nitrogens with one attached hydrogen (secondary N) is 1. The van der Waals surface area contributed by atoms with Gasteiger partial charge in [0, 0.05) is 25.7 Å². The van der Waals surface area contributed by atoms with Crippen LogP contribution in [0.15, 0.2) is 57.7 Å². The van der Waals surface area contributed by atoms with E-state index in [9.17, 15) is 27.6 Å². The number of aromatic nitrogens is 1. The van der Waals surface area contributed by atoms with Crippen molar-refractivity contribution in [3.63, 3.8) is 0 Å². The fourth-order valence-electron chi connectivity index (χ4n) is 2.87. The Balaban J connectivity index is 1.51. The van der Waals surface area contributed by atoms with Crippen molar-refractivity contribution < 1.29 is 31.9 Å². The number of likely N-dealkylation sites (N-methyl/N-ethyl adjacent to an activating group) is 1. The molecular formula is C20H18F3N3O5. The van der Waals surface area contributed by atoms with Crippen molar-refractivity contribution in [2.24, 2.45) is 0 Å². The van der Waals surface area contributed by atoms with Gasteiger partial charge in [0.2, 0.25) is 11.8 Å². The summed E-state index contributed by atoms with van der Waals surface area (Å²) >= 11 is 0. The van der Waals surface area contributed by atoms with Gasteiger partial charge in [0.25, 0.3) is 0 Å². The van der Waals surface area contributed by atoms with Crippen LogP contribution in [0.5, 0.6) is 5.75 Å². The fourth-order valence-corrected chi connectivity index (χ4v) is 2.87. The Hall–Kier alpha value is -3.76. The number of hydrogen-bond acceptors (Lipinski definition) is 5. The highest BCUT2D eigenvalue weighted by molar-refractivity contribution is 5.94. The van der Waals surface area contributed by atoms with Gasteiger partial charge >= 0.3 is 12.1 Å². The summed E-state index contributed by atoms with van der Waals surface area (Å²) in [5.74, 6) is -1.90. The van der Waals surface area contributed by atoms with E-state index in [-0.39, 0.29) is 31.1 Å². The van der Waals surface area contributed by atoms with Gasteiger partial charge in [-0.05, 0) is 36.4 Å². The van der Waals surface area contributed by atoms with E-state index >= 15 is 0 Å². The summed E-state index contributed by atoms with van der Waals surface area (Å²) < 4.78 is 46.7. The molecule has 0 radical (unpaired) electrons. The van der Waals surface area contributed by atoms with E-state index in [0.29, 0.717) is 11.1 Å². The normalized spacial score (nSPS) is 11.4. The Morgan fingerprint density at radius 1 is 1.13 bits per heavy atom. The third kappa shape index (κ3) is 5.87. The van der Waals surface area contributed by atoms with E-state index in [1.807, 2.05) is 0 Å². The molecule has 0 aliphatic carbocycles. The van der Waals surface area contributed by atoms with Crippen molar-refractivity contribution in [2.45, 2.75) is 19.3 Å². The van der Waals surface area contributed by atoms with Crippen molar-refractivity contribution in [2.75, 3.05) is 18.9 Å². The van der Waals surface area contributed by atoms with Gasteiger partial charge in [-0.2, -0.15) is 0 Å². The fraction of sp³-hybridized carbons (Fsp3) is 0.250. The van der Waals surface area contributed by atoms with Crippen LogP contribution >= 0.6 is 0 Å². The molecule has 0 aliphatic rings. The number of hydrogen-bond donors (Lipinski definition) is 1. The molecule has 31 heavy (non-hydrogen) atoms. The molecule has 1 aromatic heterocycles. The minimum atomic E-state index is -4.80. The number of aryl methyl sites for hydroxylation is 1. The summed E-state index contributed by atoms with van der Waals surface area (Å²) in [4.78, 5) is 37.6. The zero-order chi connectivity index (χ0) is 22.6. The van der Waals surface area contributed by atoms with E-state index < -0.39 is 23.8 Å². The van der Waals surface area contributed by atoms with E-state index in [1.165, 1.54) is 28.6 Å². The number of carbonyl (C=O) groups excluding carboxylic acids is 2. The van der Waals surface area contributed by atoms with Crippen LogP contribution in [0.2, 0.25) is 0 Å². The Morgan fingerprint density at radius 2 is 1.81 bits per heavy atom. The predicted molar refractivity (Wildman–Crippen MR) is 104 cm³/mol. The van der Waals surface area contributed by atoms with Gasteiger partial charge in [-0.15, -0.1) is 13.2 Å². The minimum Gasteiger partial charge on any atom is -0.408 e. The van der Waals surface area contributed by atoms with Gasteiger partial charge in [-0.25, -0.2) is 4.79 Å². The molecule has 0 saturated heterocycles. The second-order valence-corrected chi connectivity index (χ2v) is 6.61. The van der Waals surface area contributed by atoms with Gasteiger partial charge < -0.3 is 19.4 Å². The molecule has 0 bridgehead atoms. The molecule has 164 valence electrons. The highest BCUT2D eigenvalue weighted by atomic mass is 19.4. The third-order valence-corrected chi connectivity index (χ3v) is 4.30. The first kappa shape index (κ1) is 21.9. The van der Waals surface area contributed by atoms with Crippen molar-refractivity contribution in [1.29, 1.82) is 0 Å². The lowest BCUT2D eigenvalue weighted by atomic mass is 10.3. The van der Waals surface area contributed by atoms with Crippen molar-refractivity contribution in [1.82, 2.24) is 9.47 Å². The topological polar surface area (TPSA) is 93.8 Å². The number of nitrogens with zero attached hydrogens (tertiary/aromatic N) is 2. The van der Waals surface area contributed by atoms with Crippen LogP contribution in [0, 0.1) is 0 Å². The van der Waals surface area contributed by atoms with Crippen molar-refractivity contribution in [3.8, 4) is 5.75 Å². The summed E-state index contributed by atoms with van der Waals surface area (Å²) in [7, 11) is 1.43. The Bertz CT molecular complexity index is 1140. The maximum atomic E-state index is 12.3. The molecule has 11 heteroatoms. The number of carbonyl (C=O) groups is 2. The smallest absolute Gasteiger partial charge is 0.408 e. The van der Waals surface area contributed by atoms with Crippen LogP contribution in [0.3, 0.4) is 0 Å². The van der Waals surface area contributed by atoms with Gasteiger partial charge in [-0.1, -0.05) is 12.1 Å². The number of rotatable bonds is 7. The molecule has 0 aliphatic heterocycles. The standard InChI is InChI=1S/C20H18F3N3O5/c1-25(12-17(27)24-13-6-8-14(9-7-13)31-20(21,22)23)18(28)10-11-26-15-4-2-3-5-16(15)30-19(26)29/h2-9H,10-12H2,1H3,(H,24,27). The molecule has 0 saturated carbocycles. The molecular weight excluding hydrogens is 419 g/mol. The maximum absolute atomic E-state index is 12.3. The van der Waals surface area contributed by atoms with Crippen molar-refractivity contribution in [3.05, 3.63) is 59.1 Å². The first-order chi connectivity index (χ1) is 14.6. The number of alkyl halides is 3. The molecule has 3 aromatic rings. The monoisotopic (exact) mass is 437 g/mol. The van der Waals surface area contributed by atoms with E-state index in [0.717, 1.165) is 12.1 Å². The Morgan fingerprint density at radius 3 is 2.48 bits per heavy atom. The number of benzene rings is 2. The van der Waals surface area contributed by atoms with E-state index in [2.05, 4.69) is 10.1 Å². The molecule has 3 rings (SSSR count). The summed E-state index contributed by atoms with van der Waals surface area (Å²) in [6, 6.07) is 11.4. The molecule has 8 nitrogen and oxygen atoms in total. The quantitative estimate of drug-likeness (QED) is 0.614. The van der Waals surface area contributed by atoms with Crippen LogP contribution in [0.4, 0.5) is 18.9 Å². The number of anilines is 1. The lowest BCUT2D eigenvalue weighted by molar-refractivity contribution is -0.274. The van der Waals surface area contributed by atoms with Crippen LogP contribution in [-0.2, 0) is 16.1 Å². The SMILES string of the molecule is CN(CC(=O)Nc1ccc(OC(F)(F)F)cc1)C(=O)CCn1c(=O)oc2ccccc21. The number of fused-ring (bicyclic) bond motifs is 1. The predicted octanol–water partition coefficient (Wildman–Crippen LogP) is 2.98. The average Bonchev–Trinajstić information content (AvgIpc) is 3.01. The molecule has 0 spiro atoms. The van der Waals surface area contributed by atoms with E-state index in [1.54, 1.807) is 24.3 Å². The lowest BCUT2D eigenvalue weighted by Crippen LogP contribution is -2.35. The molecule has 0 fully saturated rings. The van der Waals surface area contributed by atoms with Gasteiger partial charge in [0.1, 0.15) is 5.75 Å². The lowest BCUT2D eigenvalue weighted by Gasteiger charge is -2.17. The number of amides is 2. The summed E-state index contributed by atoms with van der Waals surface area (Å²) in [6.07, 6.45) is -4.83. The summed E-state index contributed by atoms with van der Waals surface area (Å²) in [6.45, 7) is -0.192. The molecule has 0 unspecified atom stereocenters. The highest BCUT2D eigenvalue weighted by Gasteiger charge is 2.31. The summed E-state index contributed by atoms with van der Waals surface area (Å²) in [5, 5.41) is 2.48. The van der Waals surface area contributed by atoms with Gasteiger partial charge in [0.15, 0.2) is 5.58 Å². The summed E-state index contributed by atoms with van der Waals surface area (Å²) in [5.41, 5.74) is 1.23. The minimum absolute atomic E-state index is 0.0311. The highest BCUT2D eigenvalue weighted by Crippen LogP contribution is 2.24. The molecule has 2 aromatic carbocycles.